The van der Waals surface area contributed by atoms with Gasteiger partial charge < -0.3 is 10.4 Å². The first-order chi connectivity index (χ1) is 13.2. The molecule has 2 aromatic rings. The van der Waals surface area contributed by atoms with Gasteiger partial charge in [-0.1, -0.05) is 20.8 Å². The zero-order chi connectivity index (χ0) is 20.6. The van der Waals surface area contributed by atoms with Gasteiger partial charge in [-0.05, 0) is 31.2 Å². The Kier molecular flexibility index (Phi) is 5.35. The van der Waals surface area contributed by atoms with Crippen molar-refractivity contribution in [3.63, 3.8) is 0 Å². The third-order valence-corrected chi connectivity index (χ3v) is 4.88. The first kappa shape index (κ1) is 19.8. The molecule has 3 rings (SSSR count). The number of nitrogens with one attached hydrogen (secondary N) is 2. The minimum Gasteiger partial charge on any atom is -0.480 e. The third-order valence-electron chi connectivity index (χ3n) is 4.88. The molecule has 9 heteroatoms. The number of rotatable bonds is 7. The molecule has 150 valence electrons. The Bertz CT molecular complexity index is 1050. The molecular weight excluding hydrogens is 364 g/mol. The molecule has 0 aromatic carbocycles. The molecule has 9 nitrogen and oxygen atoms in total. The van der Waals surface area contributed by atoms with Crippen LogP contribution in [0.3, 0.4) is 0 Å². The number of aliphatic carboxylic acids is 1. The molecule has 0 saturated heterocycles. The predicted molar refractivity (Wildman–Crippen MR) is 103 cm³/mol. The second kappa shape index (κ2) is 7.57. The van der Waals surface area contributed by atoms with Crippen LogP contribution in [-0.2, 0) is 11.3 Å². The summed E-state index contributed by atoms with van der Waals surface area (Å²) in [6.45, 7) is 5.61. The molecule has 1 amide bonds. The first-order valence-corrected chi connectivity index (χ1v) is 9.46. The van der Waals surface area contributed by atoms with Crippen LogP contribution in [0.25, 0.3) is 11.0 Å². The maximum absolute atomic E-state index is 12.9. The molecule has 3 N–H and O–H groups in total. The van der Waals surface area contributed by atoms with Gasteiger partial charge in [0.1, 0.15) is 6.04 Å². The van der Waals surface area contributed by atoms with E-state index < -0.39 is 29.2 Å². The molecule has 1 aliphatic carbocycles. The summed E-state index contributed by atoms with van der Waals surface area (Å²) in [4.78, 5) is 56.0. The molecule has 1 aliphatic rings. The van der Waals surface area contributed by atoms with Gasteiger partial charge in [0.2, 0.25) is 0 Å². The van der Waals surface area contributed by atoms with Crippen LogP contribution in [0.5, 0.6) is 0 Å². The lowest BCUT2D eigenvalue weighted by Gasteiger charge is -2.19. The number of hydrogen-bond acceptors (Lipinski definition) is 5. The van der Waals surface area contributed by atoms with Crippen LogP contribution >= 0.6 is 0 Å². The lowest BCUT2D eigenvalue weighted by atomic mass is 10.0. The Morgan fingerprint density at radius 1 is 1.36 bits per heavy atom. The number of carboxylic acid groups (broad SMARTS) is 1. The van der Waals surface area contributed by atoms with Crippen LogP contribution in [-0.4, -0.2) is 37.6 Å². The van der Waals surface area contributed by atoms with E-state index in [1.165, 1.54) is 4.57 Å². The number of H-pyrrole nitrogens is 1. The van der Waals surface area contributed by atoms with Gasteiger partial charge in [-0.15, -0.1) is 0 Å². The zero-order valence-corrected chi connectivity index (χ0v) is 16.1. The Morgan fingerprint density at radius 2 is 2.04 bits per heavy atom. The van der Waals surface area contributed by atoms with Crippen LogP contribution < -0.4 is 16.6 Å². The van der Waals surface area contributed by atoms with Crippen molar-refractivity contribution in [2.24, 2.45) is 5.92 Å². The summed E-state index contributed by atoms with van der Waals surface area (Å²) in [5.41, 5.74) is -0.420. The van der Waals surface area contributed by atoms with Gasteiger partial charge in [-0.25, -0.2) is 14.6 Å². The van der Waals surface area contributed by atoms with E-state index in [2.05, 4.69) is 15.3 Å². The Morgan fingerprint density at radius 3 is 2.57 bits per heavy atom. The number of aryl methyl sites for hydroxylation is 1. The van der Waals surface area contributed by atoms with Crippen LogP contribution in [0, 0.1) is 5.92 Å². The lowest BCUT2D eigenvalue weighted by Crippen LogP contribution is -2.44. The molecular formula is C19H24N4O5. The third kappa shape index (κ3) is 3.69. The maximum atomic E-state index is 12.9. The van der Waals surface area contributed by atoms with Crippen LogP contribution in [0.4, 0.5) is 0 Å². The van der Waals surface area contributed by atoms with E-state index in [-0.39, 0.29) is 28.4 Å². The Hall–Kier alpha value is -2.97. The summed E-state index contributed by atoms with van der Waals surface area (Å²) in [6.07, 6.45) is 2.49. The fraction of sp³-hybridized carbons (Fsp3) is 0.526. The molecule has 1 atom stereocenters. The normalized spacial score (nSPS) is 15.0. The molecule has 2 heterocycles. The van der Waals surface area contributed by atoms with Crippen molar-refractivity contribution in [3.05, 3.63) is 38.2 Å². The van der Waals surface area contributed by atoms with Gasteiger partial charge in [-0.2, -0.15) is 0 Å². The number of carbonyl (C=O) groups is 2. The quantitative estimate of drug-likeness (QED) is 0.653. The summed E-state index contributed by atoms with van der Waals surface area (Å²) >= 11 is 0. The van der Waals surface area contributed by atoms with E-state index in [0.29, 0.717) is 18.7 Å². The standard InChI is InChI=1S/C19H24N4O5/c1-4-7-23-15-13(17(25)22-19(23)28)11(8-12(20-15)10-5-6-10)16(24)21-14(9(2)3)18(26)27/h8-10,14H,4-7H2,1-3H3,(H,21,24)(H,26,27)(H,22,25,28)/t14-/m0/s1. The summed E-state index contributed by atoms with van der Waals surface area (Å²) < 4.78 is 1.36. The summed E-state index contributed by atoms with van der Waals surface area (Å²) in [5.74, 6) is -1.97. The second-order valence-corrected chi connectivity index (χ2v) is 7.51. The average Bonchev–Trinajstić information content (AvgIpc) is 3.46. The number of aromatic nitrogens is 3. The van der Waals surface area contributed by atoms with Crippen molar-refractivity contribution in [1.29, 1.82) is 0 Å². The molecule has 0 aliphatic heterocycles. The van der Waals surface area contributed by atoms with Crippen molar-refractivity contribution in [2.45, 2.75) is 58.5 Å². The summed E-state index contributed by atoms with van der Waals surface area (Å²) in [6, 6.07) is 0.450. The summed E-state index contributed by atoms with van der Waals surface area (Å²) in [5, 5.41) is 11.9. The molecule has 0 bridgehead atoms. The molecule has 1 fully saturated rings. The van der Waals surface area contributed by atoms with Gasteiger partial charge in [-0.3, -0.25) is 19.1 Å². The van der Waals surface area contributed by atoms with E-state index in [4.69, 9.17) is 0 Å². The van der Waals surface area contributed by atoms with Crippen molar-refractivity contribution in [1.82, 2.24) is 19.9 Å². The van der Waals surface area contributed by atoms with Crippen LogP contribution in [0.15, 0.2) is 15.7 Å². The van der Waals surface area contributed by atoms with Crippen molar-refractivity contribution < 1.29 is 14.7 Å². The SMILES string of the molecule is CCCn1c(=O)[nH]c(=O)c2c(C(=O)N[C@H](C(=O)O)C(C)C)cc(C3CC3)nc21. The van der Waals surface area contributed by atoms with E-state index in [9.17, 15) is 24.3 Å². The number of carbonyl (C=O) groups excluding carboxylic acids is 1. The second-order valence-electron chi connectivity index (χ2n) is 7.51. The minimum absolute atomic E-state index is 0.00263. The highest BCUT2D eigenvalue weighted by atomic mass is 16.4. The molecule has 28 heavy (non-hydrogen) atoms. The first-order valence-electron chi connectivity index (χ1n) is 9.46. The Labute approximate surface area is 160 Å². The van der Waals surface area contributed by atoms with Gasteiger partial charge >= 0.3 is 11.7 Å². The number of nitrogens with zero attached hydrogens (tertiary/aromatic N) is 2. The molecule has 0 unspecified atom stereocenters. The topological polar surface area (TPSA) is 134 Å². The summed E-state index contributed by atoms with van der Waals surface area (Å²) in [7, 11) is 0. The molecule has 0 spiro atoms. The number of carboxylic acids is 1. The molecule has 1 saturated carbocycles. The molecule has 2 aromatic heterocycles. The van der Waals surface area contributed by atoms with Crippen LogP contribution in [0.2, 0.25) is 0 Å². The number of amides is 1. The van der Waals surface area contributed by atoms with E-state index in [1.54, 1.807) is 19.9 Å². The van der Waals surface area contributed by atoms with E-state index >= 15 is 0 Å². The monoisotopic (exact) mass is 388 g/mol. The van der Waals surface area contributed by atoms with Crippen molar-refractivity contribution in [3.8, 4) is 0 Å². The van der Waals surface area contributed by atoms with Gasteiger partial charge in [0.05, 0.1) is 10.9 Å². The maximum Gasteiger partial charge on any atom is 0.329 e. The number of pyridine rings is 1. The van der Waals surface area contributed by atoms with Crippen molar-refractivity contribution >= 4 is 22.9 Å². The highest BCUT2D eigenvalue weighted by molar-refractivity contribution is 6.06. The smallest absolute Gasteiger partial charge is 0.329 e. The Balaban J connectivity index is 2.22. The average molecular weight is 388 g/mol. The number of hydrogen-bond donors (Lipinski definition) is 3. The van der Waals surface area contributed by atoms with Gasteiger partial charge in [0.25, 0.3) is 11.5 Å². The zero-order valence-electron chi connectivity index (χ0n) is 16.1. The van der Waals surface area contributed by atoms with Gasteiger partial charge in [0, 0.05) is 18.2 Å². The van der Waals surface area contributed by atoms with Crippen molar-refractivity contribution in [2.75, 3.05) is 0 Å². The molecule has 0 radical (unpaired) electrons. The predicted octanol–water partition coefficient (Wildman–Crippen LogP) is 1.21. The highest BCUT2D eigenvalue weighted by Crippen LogP contribution is 2.39. The fourth-order valence-corrected chi connectivity index (χ4v) is 3.22. The largest absolute Gasteiger partial charge is 0.480 e. The number of fused-ring (bicyclic) bond motifs is 1. The minimum atomic E-state index is -1.15. The highest BCUT2D eigenvalue weighted by Gasteiger charge is 2.30. The van der Waals surface area contributed by atoms with Crippen LogP contribution in [0.1, 0.15) is 62.0 Å². The fourth-order valence-electron chi connectivity index (χ4n) is 3.22. The lowest BCUT2D eigenvalue weighted by molar-refractivity contribution is -0.140. The van der Waals surface area contributed by atoms with Gasteiger partial charge in [0.15, 0.2) is 5.65 Å². The van der Waals surface area contributed by atoms with E-state index in [1.807, 2.05) is 6.92 Å². The number of aromatic amines is 1. The van der Waals surface area contributed by atoms with E-state index in [0.717, 1.165) is 12.8 Å².